The van der Waals surface area contributed by atoms with Crippen LogP contribution in [0.15, 0.2) is 58.1 Å². The first kappa shape index (κ1) is 17.8. The second kappa shape index (κ2) is 7.88. The van der Waals surface area contributed by atoms with Gasteiger partial charge in [0.2, 0.25) is 5.13 Å². The summed E-state index contributed by atoms with van der Waals surface area (Å²) in [5, 5.41) is 10.9. The van der Waals surface area contributed by atoms with E-state index in [0.29, 0.717) is 22.9 Å². The minimum absolute atomic E-state index is 0.0151. The Morgan fingerprint density at radius 2 is 2.00 bits per heavy atom. The van der Waals surface area contributed by atoms with Crippen molar-refractivity contribution >= 4 is 27.9 Å². The van der Waals surface area contributed by atoms with Gasteiger partial charge in [-0.3, -0.25) is 4.79 Å². The number of anilines is 1. The van der Waals surface area contributed by atoms with Gasteiger partial charge in [-0.05, 0) is 42.8 Å². The molecule has 1 aromatic heterocycles. The fourth-order valence-electron chi connectivity index (χ4n) is 2.33. The molecule has 0 amide bonds. The van der Waals surface area contributed by atoms with Crippen LogP contribution in [-0.2, 0) is 6.54 Å². The van der Waals surface area contributed by atoms with E-state index in [1.165, 1.54) is 18.3 Å². The van der Waals surface area contributed by atoms with Gasteiger partial charge in [-0.1, -0.05) is 12.1 Å². The van der Waals surface area contributed by atoms with Gasteiger partial charge in [-0.25, -0.2) is 4.98 Å². The molecule has 2 N–H and O–H groups in total. The minimum Gasteiger partial charge on any atom is -0.497 e. The van der Waals surface area contributed by atoms with E-state index in [4.69, 9.17) is 10.5 Å². The number of hydrogen-bond donors (Lipinski definition) is 1. The van der Waals surface area contributed by atoms with Crippen LogP contribution < -0.4 is 10.5 Å². The van der Waals surface area contributed by atoms with Crippen molar-refractivity contribution in [3.05, 3.63) is 59.0 Å². The van der Waals surface area contributed by atoms with Crippen molar-refractivity contribution in [3.63, 3.8) is 0 Å². The van der Waals surface area contributed by atoms with Gasteiger partial charge in [0.25, 0.3) is 0 Å². The molecule has 2 aromatic carbocycles. The zero-order valence-corrected chi connectivity index (χ0v) is 15.3. The number of nitrogen functional groups attached to an aromatic ring is 1. The van der Waals surface area contributed by atoms with E-state index in [2.05, 4.69) is 15.2 Å². The van der Waals surface area contributed by atoms with Crippen LogP contribution in [0.5, 0.6) is 5.75 Å². The normalized spacial score (nSPS) is 11.0. The average Bonchev–Trinajstić information content (AvgIpc) is 3.12. The molecule has 0 unspecified atom stereocenters. The molecular formula is C19H18N4O2S. The number of nitrogens with zero attached hydrogens (tertiary/aromatic N) is 3. The Labute approximate surface area is 155 Å². The lowest BCUT2D eigenvalue weighted by molar-refractivity contribution is 0.101. The number of carbonyl (C=O) groups excluding carboxylic acids is 1. The Hall–Kier alpha value is -3.06. The highest BCUT2D eigenvalue weighted by atomic mass is 32.1. The number of hydrogen-bond acceptors (Lipinski definition) is 7. The number of methoxy groups -OCH3 is 1. The van der Waals surface area contributed by atoms with Crippen LogP contribution in [0.25, 0.3) is 11.3 Å². The molecular weight excluding hydrogens is 348 g/mol. The first-order valence-electron chi connectivity index (χ1n) is 7.93. The molecule has 0 atom stereocenters. The van der Waals surface area contributed by atoms with Crippen molar-refractivity contribution in [2.45, 2.75) is 13.5 Å². The van der Waals surface area contributed by atoms with Crippen LogP contribution in [0.4, 0.5) is 10.8 Å². The van der Waals surface area contributed by atoms with Crippen molar-refractivity contribution in [2.75, 3.05) is 12.8 Å². The van der Waals surface area contributed by atoms with E-state index in [9.17, 15) is 4.79 Å². The van der Waals surface area contributed by atoms with Crippen LogP contribution in [0, 0.1) is 0 Å². The summed E-state index contributed by atoms with van der Waals surface area (Å²) in [6.45, 7) is 1.85. The average molecular weight is 366 g/mol. The predicted octanol–water partition coefficient (Wildman–Crippen LogP) is 4.89. The number of ether oxygens (including phenoxy) is 1. The molecule has 0 saturated heterocycles. The largest absolute Gasteiger partial charge is 0.497 e. The zero-order chi connectivity index (χ0) is 18.5. The van der Waals surface area contributed by atoms with Crippen molar-refractivity contribution in [1.82, 2.24) is 4.98 Å². The highest BCUT2D eigenvalue weighted by Crippen LogP contribution is 2.28. The van der Waals surface area contributed by atoms with Gasteiger partial charge < -0.3 is 10.5 Å². The Bertz CT molecular complexity index is 948. The highest BCUT2D eigenvalue weighted by Gasteiger charge is 2.06. The van der Waals surface area contributed by atoms with Crippen LogP contribution in [-0.4, -0.2) is 17.9 Å². The number of thiazole rings is 1. The third-order valence-electron chi connectivity index (χ3n) is 3.83. The van der Waals surface area contributed by atoms with Crippen molar-refractivity contribution in [1.29, 1.82) is 0 Å². The molecule has 0 radical (unpaired) electrons. The summed E-state index contributed by atoms with van der Waals surface area (Å²) in [6, 6.07) is 12.9. The van der Waals surface area contributed by atoms with E-state index < -0.39 is 0 Å². The fourth-order valence-corrected chi connectivity index (χ4v) is 3.00. The van der Waals surface area contributed by atoms with Crippen molar-refractivity contribution in [2.24, 2.45) is 10.2 Å². The molecule has 0 aliphatic carbocycles. The number of Topliss-reactive ketones (excluding diaryl/α,β-unsaturated/α-hetero) is 1. The van der Waals surface area contributed by atoms with Crippen LogP contribution in [0.1, 0.15) is 22.8 Å². The Morgan fingerprint density at radius 1 is 1.23 bits per heavy atom. The maximum atomic E-state index is 11.4. The topological polar surface area (TPSA) is 89.9 Å². The molecule has 7 heteroatoms. The molecule has 0 fully saturated rings. The predicted molar refractivity (Wildman–Crippen MR) is 103 cm³/mol. The minimum atomic E-state index is -0.0151. The molecule has 0 aliphatic heterocycles. The molecule has 0 bridgehead atoms. The first-order valence-corrected chi connectivity index (χ1v) is 8.81. The third kappa shape index (κ3) is 4.12. The summed E-state index contributed by atoms with van der Waals surface area (Å²) in [5.74, 6) is 0.788. The standard InChI is InChI=1S/C19H18N4O2S/c1-12(24)14-3-4-15(17(20)9-14)10-21-23-19-22-18(11-26-19)13-5-7-16(25-2)8-6-13/h3-9,11H,10,20H2,1-2H3. The number of ketones is 1. The van der Waals surface area contributed by atoms with Gasteiger partial charge in [-0.2, -0.15) is 5.11 Å². The lowest BCUT2D eigenvalue weighted by Gasteiger charge is -2.03. The quantitative estimate of drug-likeness (QED) is 0.382. The Morgan fingerprint density at radius 3 is 2.65 bits per heavy atom. The van der Waals surface area contributed by atoms with Gasteiger partial charge in [0.1, 0.15) is 5.75 Å². The maximum Gasteiger partial charge on any atom is 0.230 e. The molecule has 0 spiro atoms. The zero-order valence-electron chi connectivity index (χ0n) is 14.5. The van der Waals surface area contributed by atoms with E-state index in [0.717, 1.165) is 22.6 Å². The summed E-state index contributed by atoms with van der Waals surface area (Å²) in [7, 11) is 1.64. The number of nitrogens with two attached hydrogens (primary N) is 1. The van der Waals surface area contributed by atoms with Crippen LogP contribution in [0.2, 0.25) is 0 Å². The first-order chi connectivity index (χ1) is 12.6. The second-order valence-corrected chi connectivity index (χ2v) is 6.45. The van der Waals surface area contributed by atoms with E-state index >= 15 is 0 Å². The molecule has 3 rings (SSSR count). The van der Waals surface area contributed by atoms with Crippen molar-refractivity contribution < 1.29 is 9.53 Å². The molecule has 3 aromatic rings. The van der Waals surface area contributed by atoms with Gasteiger partial charge in [0.15, 0.2) is 5.78 Å². The van der Waals surface area contributed by atoms with E-state index in [1.807, 2.05) is 29.6 Å². The fraction of sp³-hybridized carbons (Fsp3) is 0.158. The maximum absolute atomic E-state index is 11.4. The molecule has 0 saturated carbocycles. The Kier molecular flexibility index (Phi) is 5.38. The van der Waals surface area contributed by atoms with Crippen LogP contribution >= 0.6 is 11.3 Å². The van der Waals surface area contributed by atoms with Crippen molar-refractivity contribution in [3.8, 4) is 17.0 Å². The van der Waals surface area contributed by atoms with E-state index in [1.54, 1.807) is 25.3 Å². The summed E-state index contributed by atoms with van der Waals surface area (Å²) in [4.78, 5) is 15.8. The lowest BCUT2D eigenvalue weighted by Crippen LogP contribution is -1.98. The third-order valence-corrected chi connectivity index (χ3v) is 4.55. The molecule has 132 valence electrons. The smallest absolute Gasteiger partial charge is 0.230 e. The SMILES string of the molecule is COc1ccc(-c2csc(N=NCc3ccc(C(C)=O)cc3N)n2)cc1. The van der Waals surface area contributed by atoms with Gasteiger partial charge in [-0.15, -0.1) is 16.5 Å². The number of aromatic nitrogens is 1. The molecule has 6 nitrogen and oxygen atoms in total. The number of azo groups is 1. The summed E-state index contributed by atoms with van der Waals surface area (Å²) in [5.41, 5.74) is 9.75. The second-order valence-electron chi connectivity index (χ2n) is 5.61. The van der Waals surface area contributed by atoms with Gasteiger partial charge in [0, 0.05) is 22.2 Å². The number of carbonyl (C=O) groups is 1. The monoisotopic (exact) mass is 366 g/mol. The summed E-state index contributed by atoms with van der Waals surface area (Å²) < 4.78 is 5.16. The van der Waals surface area contributed by atoms with E-state index in [-0.39, 0.29) is 5.78 Å². The lowest BCUT2D eigenvalue weighted by atomic mass is 10.1. The summed E-state index contributed by atoms with van der Waals surface area (Å²) in [6.07, 6.45) is 0. The highest BCUT2D eigenvalue weighted by molar-refractivity contribution is 7.13. The number of rotatable bonds is 6. The molecule has 26 heavy (non-hydrogen) atoms. The summed E-state index contributed by atoms with van der Waals surface area (Å²) >= 11 is 1.42. The van der Waals surface area contributed by atoms with Gasteiger partial charge in [0.05, 0.1) is 19.3 Å². The Balaban J connectivity index is 1.68. The van der Waals surface area contributed by atoms with Gasteiger partial charge >= 0.3 is 0 Å². The molecule has 0 aliphatic rings. The molecule has 1 heterocycles. The van der Waals surface area contributed by atoms with Crippen LogP contribution in [0.3, 0.4) is 0 Å². The number of benzene rings is 2.